The van der Waals surface area contributed by atoms with E-state index in [9.17, 15) is 14.9 Å². The number of aldehydes is 1. The molecular formula is C22H29N3O4. The molecule has 1 aromatic rings. The zero-order valence-electron chi connectivity index (χ0n) is 17.4. The number of nitriles is 1. The van der Waals surface area contributed by atoms with Crippen LogP contribution in [0.25, 0.3) is 0 Å². The van der Waals surface area contributed by atoms with Crippen LogP contribution < -0.4 is 4.74 Å². The van der Waals surface area contributed by atoms with Crippen LogP contribution in [0.2, 0.25) is 0 Å². The number of hydrogen-bond acceptors (Lipinski definition) is 6. The Hall–Kier alpha value is -2.59. The molecule has 3 rings (SSSR count). The van der Waals surface area contributed by atoms with Gasteiger partial charge >= 0.3 is 6.09 Å². The predicted octanol–water partition coefficient (Wildman–Crippen LogP) is 2.40. The number of hydrogen-bond donors (Lipinski definition) is 0. The summed E-state index contributed by atoms with van der Waals surface area (Å²) in [7, 11) is 0. The quantitative estimate of drug-likeness (QED) is 0.707. The molecule has 2 aliphatic rings. The normalized spacial score (nSPS) is 19.4. The molecule has 0 radical (unpaired) electrons. The van der Waals surface area contributed by atoms with Gasteiger partial charge in [-0.05, 0) is 50.8 Å². The first kappa shape index (κ1) is 21.1. The zero-order chi connectivity index (χ0) is 21.0. The van der Waals surface area contributed by atoms with E-state index >= 15 is 0 Å². The molecule has 1 saturated heterocycles. The molecule has 7 heteroatoms. The molecule has 1 heterocycles. The Labute approximate surface area is 172 Å². The van der Waals surface area contributed by atoms with E-state index in [-0.39, 0.29) is 12.0 Å². The van der Waals surface area contributed by atoms with Gasteiger partial charge in [0.25, 0.3) is 0 Å². The maximum absolute atomic E-state index is 12.1. The van der Waals surface area contributed by atoms with E-state index in [0.717, 1.165) is 37.0 Å². The Bertz CT molecular complexity index is 802. The second-order valence-electron chi connectivity index (χ2n) is 8.65. The van der Waals surface area contributed by atoms with Crippen LogP contribution in [0.3, 0.4) is 0 Å². The van der Waals surface area contributed by atoms with Crippen molar-refractivity contribution in [3.05, 3.63) is 28.8 Å². The van der Waals surface area contributed by atoms with Crippen molar-refractivity contribution >= 4 is 12.4 Å². The molecule has 1 amide bonds. The molecule has 7 nitrogen and oxygen atoms in total. The molecular weight excluding hydrogens is 370 g/mol. The van der Waals surface area contributed by atoms with Crippen LogP contribution >= 0.6 is 0 Å². The second-order valence-corrected chi connectivity index (χ2v) is 8.65. The van der Waals surface area contributed by atoms with E-state index in [1.54, 1.807) is 4.90 Å². The minimum absolute atomic E-state index is 0.0337. The van der Waals surface area contributed by atoms with Gasteiger partial charge in [-0.15, -0.1) is 0 Å². The van der Waals surface area contributed by atoms with Crippen molar-refractivity contribution in [3.8, 4) is 11.8 Å². The molecule has 0 N–H and O–H groups in total. The molecule has 1 unspecified atom stereocenters. The third-order valence-electron chi connectivity index (χ3n) is 5.31. The SMILES string of the molecule is CC(C)(C)OC(=O)N1CCN(CCOc2ccc3c(c2C#N)CC(C=O)C3)CC1. The summed E-state index contributed by atoms with van der Waals surface area (Å²) in [6.45, 7) is 9.58. The van der Waals surface area contributed by atoms with Crippen molar-refractivity contribution in [1.29, 1.82) is 5.26 Å². The second kappa shape index (κ2) is 8.83. The number of ether oxygens (including phenoxy) is 2. The standard InChI is InChI=1S/C22H29N3O4/c1-22(2,3)29-21(27)25-8-6-24(7-9-25)10-11-28-20-5-4-17-12-16(15-26)13-18(17)19(20)14-23/h4-5,15-16H,6-13H2,1-3H3. The Balaban J connectivity index is 1.48. The van der Waals surface area contributed by atoms with E-state index in [2.05, 4.69) is 11.0 Å². The highest BCUT2D eigenvalue weighted by Crippen LogP contribution is 2.33. The molecule has 0 saturated carbocycles. The third-order valence-corrected chi connectivity index (χ3v) is 5.31. The van der Waals surface area contributed by atoms with E-state index in [4.69, 9.17) is 9.47 Å². The Kier molecular flexibility index (Phi) is 6.43. The van der Waals surface area contributed by atoms with Crippen molar-refractivity contribution in [2.45, 2.75) is 39.2 Å². The average molecular weight is 399 g/mol. The fraction of sp³-hybridized carbons (Fsp3) is 0.591. The van der Waals surface area contributed by atoms with Crippen molar-refractivity contribution in [2.75, 3.05) is 39.3 Å². The molecule has 0 bridgehead atoms. The van der Waals surface area contributed by atoms with Gasteiger partial charge in [0.2, 0.25) is 0 Å². The first-order valence-corrected chi connectivity index (χ1v) is 10.1. The minimum Gasteiger partial charge on any atom is -0.491 e. The highest BCUT2D eigenvalue weighted by molar-refractivity contribution is 5.68. The number of piperazine rings is 1. The van der Waals surface area contributed by atoms with Crippen molar-refractivity contribution in [2.24, 2.45) is 5.92 Å². The lowest BCUT2D eigenvalue weighted by atomic mass is 10.0. The number of rotatable bonds is 5. The molecule has 1 aliphatic carbocycles. The molecule has 0 aromatic heterocycles. The van der Waals surface area contributed by atoms with Crippen molar-refractivity contribution < 1.29 is 19.1 Å². The largest absolute Gasteiger partial charge is 0.491 e. The molecule has 156 valence electrons. The summed E-state index contributed by atoms with van der Waals surface area (Å²) in [5.41, 5.74) is 2.10. The van der Waals surface area contributed by atoms with Gasteiger partial charge in [-0.1, -0.05) is 6.07 Å². The number of amides is 1. The number of nitrogens with zero attached hydrogens (tertiary/aromatic N) is 3. The van der Waals surface area contributed by atoms with Gasteiger partial charge in [0.15, 0.2) is 0 Å². The van der Waals surface area contributed by atoms with E-state index in [1.807, 2.05) is 32.9 Å². The Morgan fingerprint density at radius 3 is 2.59 bits per heavy atom. The van der Waals surface area contributed by atoms with Gasteiger partial charge in [-0.2, -0.15) is 5.26 Å². The fourth-order valence-corrected chi connectivity index (χ4v) is 3.82. The number of carbonyl (C=O) groups is 2. The van der Waals surface area contributed by atoms with Crippen LogP contribution in [-0.2, 0) is 22.4 Å². The smallest absolute Gasteiger partial charge is 0.410 e. The van der Waals surface area contributed by atoms with E-state index in [0.29, 0.717) is 43.9 Å². The maximum Gasteiger partial charge on any atom is 0.410 e. The topological polar surface area (TPSA) is 82.9 Å². The molecule has 0 spiro atoms. The molecule has 1 aliphatic heterocycles. The highest BCUT2D eigenvalue weighted by atomic mass is 16.6. The van der Waals surface area contributed by atoms with E-state index < -0.39 is 5.60 Å². The summed E-state index contributed by atoms with van der Waals surface area (Å²) in [5, 5.41) is 9.57. The first-order chi connectivity index (χ1) is 13.8. The van der Waals surface area contributed by atoms with Gasteiger partial charge in [0, 0.05) is 38.6 Å². The minimum atomic E-state index is -0.484. The molecule has 1 atom stereocenters. The summed E-state index contributed by atoms with van der Waals surface area (Å²) >= 11 is 0. The Morgan fingerprint density at radius 2 is 1.97 bits per heavy atom. The summed E-state index contributed by atoms with van der Waals surface area (Å²) in [5.74, 6) is 0.554. The van der Waals surface area contributed by atoms with Crippen LogP contribution in [0.5, 0.6) is 5.75 Å². The predicted molar refractivity (Wildman–Crippen MR) is 108 cm³/mol. The summed E-state index contributed by atoms with van der Waals surface area (Å²) in [6.07, 6.45) is 2.03. The van der Waals surface area contributed by atoms with Crippen molar-refractivity contribution in [3.63, 3.8) is 0 Å². The van der Waals surface area contributed by atoms with Crippen LogP contribution in [0.15, 0.2) is 12.1 Å². The lowest BCUT2D eigenvalue weighted by Gasteiger charge is -2.35. The lowest BCUT2D eigenvalue weighted by Crippen LogP contribution is -2.50. The van der Waals surface area contributed by atoms with Gasteiger partial charge < -0.3 is 19.2 Å². The summed E-state index contributed by atoms with van der Waals surface area (Å²) in [4.78, 5) is 27.2. The highest BCUT2D eigenvalue weighted by Gasteiger charge is 2.27. The molecule has 1 fully saturated rings. The van der Waals surface area contributed by atoms with E-state index in [1.165, 1.54) is 0 Å². The van der Waals surface area contributed by atoms with Gasteiger partial charge in [0.05, 0.1) is 5.56 Å². The first-order valence-electron chi connectivity index (χ1n) is 10.1. The molecule has 29 heavy (non-hydrogen) atoms. The number of fused-ring (bicyclic) bond motifs is 1. The number of benzene rings is 1. The van der Waals surface area contributed by atoms with Gasteiger partial charge in [-0.3, -0.25) is 4.90 Å². The fourth-order valence-electron chi connectivity index (χ4n) is 3.82. The van der Waals surface area contributed by atoms with Crippen LogP contribution in [-0.4, -0.2) is 67.1 Å². The van der Waals surface area contributed by atoms with Gasteiger partial charge in [-0.25, -0.2) is 4.79 Å². The summed E-state index contributed by atoms with van der Waals surface area (Å²) in [6, 6.07) is 6.06. The third kappa shape index (κ3) is 5.27. The summed E-state index contributed by atoms with van der Waals surface area (Å²) < 4.78 is 11.3. The average Bonchev–Trinajstić information content (AvgIpc) is 3.10. The van der Waals surface area contributed by atoms with Gasteiger partial charge in [0.1, 0.15) is 30.3 Å². The van der Waals surface area contributed by atoms with Crippen molar-refractivity contribution in [1.82, 2.24) is 9.80 Å². The zero-order valence-corrected chi connectivity index (χ0v) is 17.4. The number of carbonyl (C=O) groups excluding carboxylic acids is 2. The Morgan fingerprint density at radius 1 is 1.24 bits per heavy atom. The molecule has 1 aromatic carbocycles. The van der Waals surface area contributed by atoms with Crippen LogP contribution in [0.1, 0.15) is 37.5 Å². The van der Waals surface area contributed by atoms with Crippen LogP contribution in [0, 0.1) is 17.2 Å². The maximum atomic E-state index is 12.1. The monoisotopic (exact) mass is 399 g/mol. The van der Waals surface area contributed by atoms with Crippen LogP contribution in [0.4, 0.5) is 4.79 Å². The lowest BCUT2D eigenvalue weighted by molar-refractivity contribution is -0.110.